The third kappa shape index (κ3) is 5.04. The monoisotopic (exact) mass is 412 g/mol. The van der Waals surface area contributed by atoms with Crippen LogP contribution in [0.2, 0.25) is 0 Å². The van der Waals surface area contributed by atoms with E-state index in [-0.39, 0.29) is 11.9 Å². The molecule has 3 aromatic rings. The van der Waals surface area contributed by atoms with Gasteiger partial charge in [-0.2, -0.15) is 0 Å². The van der Waals surface area contributed by atoms with Crippen molar-refractivity contribution in [1.82, 2.24) is 9.80 Å². The summed E-state index contributed by atoms with van der Waals surface area (Å²) < 4.78 is 5.36. The summed E-state index contributed by atoms with van der Waals surface area (Å²) in [6.07, 6.45) is 3.49. The highest BCUT2D eigenvalue weighted by atomic mass is 16.5. The van der Waals surface area contributed by atoms with Gasteiger partial charge in [-0.25, -0.2) is 0 Å². The van der Waals surface area contributed by atoms with Crippen LogP contribution in [0.4, 0.5) is 0 Å². The Morgan fingerprint density at radius 1 is 0.806 bits per heavy atom. The van der Waals surface area contributed by atoms with Gasteiger partial charge in [-0.1, -0.05) is 78.9 Å². The van der Waals surface area contributed by atoms with Crippen molar-refractivity contribution in [2.45, 2.75) is 6.04 Å². The van der Waals surface area contributed by atoms with Crippen LogP contribution >= 0.6 is 0 Å². The van der Waals surface area contributed by atoms with E-state index in [0.29, 0.717) is 13.1 Å². The molecule has 31 heavy (non-hydrogen) atoms. The number of amides is 1. The fourth-order valence-corrected chi connectivity index (χ4v) is 4.16. The topological polar surface area (TPSA) is 32.8 Å². The Bertz CT molecular complexity index is 970. The standard InChI is InChI=1S/C27H28N2O2/c1-31-25-15-9-8-10-22(25)16-17-26(30)28-18-20-29(21-19-28)27(23-11-4-2-5-12-23)24-13-6-3-7-14-24/h2-17,27H,18-21H2,1H3. The lowest BCUT2D eigenvalue weighted by atomic mass is 9.96. The normalized spacial score (nSPS) is 14.8. The summed E-state index contributed by atoms with van der Waals surface area (Å²) in [5.41, 5.74) is 3.47. The first kappa shape index (κ1) is 20.9. The minimum Gasteiger partial charge on any atom is -0.496 e. The van der Waals surface area contributed by atoms with E-state index in [1.165, 1.54) is 11.1 Å². The van der Waals surface area contributed by atoms with Crippen molar-refractivity contribution in [2.75, 3.05) is 33.3 Å². The third-order valence-electron chi connectivity index (χ3n) is 5.77. The summed E-state index contributed by atoms with van der Waals surface area (Å²) in [7, 11) is 1.64. The first-order valence-corrected chi connectivity index (χ1v) is 10.7. The van der Waals surface area contributed by atoms with Crippen molar-refractivity contribution in [2.24, 2.45) is 0 Å². The Labute approximate surface area is 184 Å². The first-order chi connectivity index (χ1) is 15.3. The largest absolute Gasteiger partial charge is 0.496 e. The molecule has 4 heteroatoms. The lowest BCUT2D eigenvalue weighted by Gasteiger charge is -2.39. The van der Waals surface area contributed by atoms with E-state index >= 15 is 0 Å². The van der Waals surface area contributed by atoms with Crippen molar-refractivity contribution >= 4 is 12.0 Å². The van der Waals surface area contributed by atoms with Crippen LogP contribution in [0.1, 0.15) is 22.7 Å². The maximum atomic E-state index is 12.8. The van der Waals surface area contributed by atoms with Crippen LogP contribution < -0.4 is 4.74 Å². The van der Waals surface area contributed by atoms with Gasteiger partial charge in [-0.05, 0) is 23.3 Å². The Morgan fingerprint density at radius 2 is 1.35 bits per heavy atom. The van der Waals surface area contributed by atoms with Gasteiger partial charge in [0.2, 0.25) is 5.91 Å². The second kappa shape index (κ2) is 10.1. The fourth-order valence-electron chi connectivity index (χ4n) is 4.16. The van der Waals surface area contributed by atoms with Crippen LogP contribution in [-0.2, 0) is 4.79 Å². The molecule has 4 nitrogen and oxygen atoms in total. The highest BCUT2D eigenvalue weighted by Gasteiger charge is 2.27. The molecule has 0 radical (unpaired) electrons. The van der Waals surface area contributed by atoms with Gasteiger partial charge in [0.25, 0.3) is 0 Å². The molecule has 1 amide bonds. The number of rotatable bonds is 6. The van der Waals surface area contributed by atoms with Crippen molar-refractivity contribution in [3.8, 4) is 5.75 Å². The van der Waals surface area contributed by atoms with Crippen molar-refractivity contribution in [1.29, 1.82) is 0 Å². The Kier molecular flexibility index (Phi) is 6.80. The maximum absolute atomic E-state index is 12.8. The number of nitrogens with zero attached hydrogens (tertiary/aromatic N) is 2. The highest BCUT2D eigenvalue weighted by molar-refractivity contribution is 5.92. The number of piperazine rings is 1. The van der Waals surface area contributed by atoms with E-state index in [0.717, 1.165) is 24.4 Å². The van der Waals surface area contributed by atoms with Crippen molar-refractivity contribution < 1.29 is 9.53 Å². The third-order valence-corrected chi connectivity index (χ3v) is 5.77. The second-order valence-corrected chi connectivity index (χ2v) is 7.66. The van der Waals surface area contributed by atoms with Gasteiger partial charge in [0, 0.05) is 37.8 Å². The predicted octanol–water partition coefficient (Wildman–Crippen LogP) is 4.64. The number of hydrogen-bond donors (Lipinski definition) is 0. The van der Waals surface area contributed by atoms with E-state index in [4.69, 9.17) is 4.74 Å². The number of benzene rings is 3. The molecule has 1 aliphatic rings. The molecule has 1 saturated heterocycles. The van der Waals surface area contributed by atoms with Gasteiger partial charge in [-0.3, -0.25) is 9.69 Å². The number of hydrogen-bond acceptors (Lipinski definition) is 3. The fraction of sp³-hybridized carbons (Fsp3) is 0.222. The van der Waals surface area contributed by atoms with Crippen LogP contribution in [-0.4, -0.2) is 49.0 Å². The van der Waals surface area contributed by atoms with Crippen molar-refractivity contribution in [3.63, 3.8) is 0 Å². The molecule has 0 aromatic heterocycles. The SMILES string of the molecule is COc1ccccc1C=CC(=O)N1CCN(C(c2ccccc2)c2ccccc2)CC1. The smallest absolute Gasteiger partial charge is 0.246 e. The summed E-state index contributed by atoms with van der Waals surface area (Å²) in [5, 5.41) is 0. The van der Waals surface area contributed by atoms with Crippen LogP contribution in [0.15, 0.2) is 91.0 Å². The number of methoxy groups -OCH3 is 1. The molecule has 0 spiro atoms. The van der Waals surface area contributed by atoms with Gasteiger partial charge in [0.1, 0.15) is 5.75 Å². The molecule has 4 rings (SSSR count). The van der Waals surface area contributed by atoms with Gasteiger partial charge < -0.3 is 9.64 Å². The zero-order valence-corrected chi connectivity index (χ0v) is 17.9. The molecule has 1 aliphatic heterocycles. The minimum atomic E-state index is 0.0431. The number of carbonyl (C=O) groups excluding carboxylic acids is 1. The molecule has 0 saturated carbocycles. The molecule has 1 fully saturated rings. The molecule has 158 valence electrons. The molecule has 3 aromatic carbocycles. The van der Waals surface area contributed by atoms with E-state index in [2.05, 4.69) is 65.6 Å². The van der Waals surface area contributed by atoms with Crippen LogP contribution in [0.5, 0.6) is 5.75 Å². The van der Waals surface area contributed by atoms with Gasteiger partial charge in [0.05, 0.1) is 13.2 Å². The molecular formula is C27H28N2O2. The van der Waals surface area contributed by atoms with Crippen LogP contribution in [0.3, 0.4) is 0 Å². The van der Waals surface area contributed by atoms with Gasteiger partial charge in [0.15, 0.2) is 0 Å². The molecule has 0 atom stereocenters. The van der Waals surface area contributed by atoms with Crippen LogP contribution in [0.25, 0.3) is 6.08 Å². The summed E-state index contributed by atoms with van der Waals surface area (Å²) in [4.78, 5) is 17.2. The summed E-state index contributed by atoms with van der Waals surface area (Å²) in [6.45, 7) is 3.10. The van der Waals surface area contributed by atoms with E-state index in [9.17, 15) is 4.79 Å². The Balaban J connectivity index is 1.44. The average Bonchev–Trinajstić information content (AvgIpc) is 2.84. The molecule has 0 aliphatic carbocycles. The quantitative estimate of drug-likeness (QED) is 0.553. The number of carbonyl (C=O) groups is 1. The zero-order chi connectivity index (χ0) is 21.5. The van der Waals surface area contributed by atoms with E-state index < -0.39 is 0 Å². The van der Waals surface area contributed by atoms with Crippen LogP contribution in [0, 0.1) is 0 Å². The Morgan fingerprint density at radius 3 is 1.94 bits per heavy atom. The summed E-state index contributed by atoms with van der Waals surface area (Å²) >= 11 is 0. The average molecular weight is 413 g/mol. The lowest BCUT2D eigenvalue weighted by molar-refractivity contribution is -0.127. The second-order valence-electron chi connectivity index (χ2n) is 7.66. The molecular weight excluding hydrogens is 384 g/mol. The summed E-state index contributed by atoms with van der Waals surface area (Å²) in [6, 6.07) is 29.1. The van der Waals surface area contributed by atoms with Crippen molar-refractivity contribution in [3.05, 3.63) is 108 Å². The molecule has 0 unspecified atom stereocenters. The number of para-hydroxylation sites is 1. The molecule has 1 heterocycles. The first-order valence-electron chi connectivity index (χ1n) is 10.7. The predicted molar refractivity (Wildman–Crippen MR) is 125 cm³/mol. The summed E-state index contributed by atoms with van der Waals surface area (Å²) in [5.74, 6) is 0.812. The number of ether oxygens (including phenoxy) is 1. The van der Waals surface area contributed by atoms with E-state index in [1.807, 2.05) is 35.2 Å². The van der Waals surface area contributed by atoms with Gasteiger partial charge in [-0.15, -0.1) is 0 Å². The molecule has 0 bridgehead atoms. The molecule has 0 N–H and O–H groups in total. The zero-order valence-electron chi connectivity index (χ0n) is 17.9. The van der Waals surface area contributed by atoms with E-state index in [1.54, 1.807) is 13.2 Å². The maximum Gasteiger partial charge on any atom is 0.246 e. The Hall–Kier alpha value is -3.37. The highest BCUT2D eigenvalue weighted by Crippen LogP contribution is 2.29. The van der Waals surface area contributed by atoms with Gasteiger partial charge >= 0.3 is 0 Å². The lowest BCUT2D eigenvalue weighted by Crippen LogP contribution is -2.49. The minimum absolute atomic E-state index is 0.0431.